The van der Waals surface area contributed by atoms with Crippen LogP contribution in [-0.4, -0.2) is 52.9 Å². The summed E-state index contributed by atoms with van der Waals surface area (Å²) in [5.74, 6) is 0.973. The minimum atomic E-state index is -0.231. The van der Waals surface area contributed by atoms with Gasteiger partial charge in [0, 0.05) is 32.2 Å². The maximum Gasteiger partial charge on any atom is 0.346 e. The van der Waals surface area contributed by atoms with Crippen molar-refractivity contribution in [1.82, 2.24) is 15.1 Å². The zero-order valence-electron chi connectivity index (χ0n) is 19.8. The highest BCUT2D eigenvalue weighted by molar-refractivity contribution is 6.06. The number of likely N-dealkylation sites (tertiary alicyclic amines) is 1. The van der Waals surface area contributed by atoms with Gasteiger partial charge >= 0.3 is 6.03 Å². The number of hydrogen-bond acceptors (Lipinski definition) is 3. The van der Waals surface area contributed by atoms with E-state index in [1.165, 1.54) is 44.1 Å². The second-order valence-electron chi connectivity index (χ2n) is 9.83. The number of rotatable bonds is 8. The highest BCUT2D eigenvalue weighted by Gasteiger charge is 2.51. The quantitative estimate of drug-likeness (QED) is 0.539. The van der Waals surface area contributed by atoms with Crippen molar-refractivity contribution in [3.05, 3.63) is 42.0 Å². The summed E-state index contributed by atoms with van der Waals surface area (Å²) in [5, 5.41) is 3.77. The zero-order chi connectivity index (χ0) is 22.4. The minimum Gasteiger partial charge on any atom is -0.369 e. The molecule has 0 bridgehead atoms. The molecule has 0 atom stereocenters. The lowest BCUT2D eigenvalue weighted by Crippen LogP contribution is -2.61. The summed E-state index contributed by atoms with van der Waals surface area (Å²) in [7, 11) is 0. The molecular formula is C27H40N4O. The summed E-state index contributed by atoms with van der Waals surface area (Å²) in [6, 6.07) is 9.14. The monoisotopic (exact) mass is 436 g/mol. The Morgan fingerprint density at radius 1 is 1.12 bits per heavy atom. The zero-order valence-corrected chi connectivity index (χ0v) is 19.8. The average Bonchev–Trinajstić information content (AvgIpc) is 3.07. The molecule has 0 unspecified atom stereocenters. The maximum absolute atomic E-state index is 13.0. The third kappa shape index (κ3) is 5.09. The van der Waals surface area contributed by atoms with Gasteiger partial charge in [0.05, 0.1) is 0 Å². The molecule has 1 saturated heterocycles. The van der Waals surface area contributed by atoms with Gasteiger partial charge in [-0.15, -0.1) is 0 Å². The number of carbonyl (C=O) groups excluding carboxylic acids is 1. The van der Waals surface area contributed by atoms with Gasteiger partial charge < -0.3 is 10.2 Å². The third-order valence-corrected chi connectivity index (χ3v) is 7.63. The van der Waals surface area contributed by atoms with E-state index in [4.69, 9.17) is 0 Å². The fourth-order valence-electron chi connectivity index (χ4n) is 5.61. The molecule has 2 aliphatic heterocycles. The van der Waals surface area contributed by atoms with Crippen molar-refractivity contribution >= 4 is 17.9 Å². The second kappa shape index (κ2) is 10.7. The van der Waals surface area contributed by atoms with Crippen molar-refractivity contribution in [2.75, 3.05) is 19.6 Å². The Hall–Kier alpha value is -2.14. The lowest BCUT2D eigenvalue weighted by Gasteiger charge is -2.46. The van der Waals surface area contributed by atoms with E-state index in [-0.39, 0.29) is 11.6 Å². The summed E-state index contributed by atoms with van der Waals surface area (Å²) in [5.41, 5.74) is 2.27. The number of amidine groups is 1. The average molecular weight is 437 g/mol. The molecule has 32 heavy (non-hydrogen) atoms. The topological polar surface area (TPSA) is 47.9 Å². The number of unbranched alkanes of at least 4 members (excludes halogenated alkanes) is 2. The van der Waals surface area contributed by atoms with Crippen molar-refractivity contribution in [2.24, 2.45) is 4.99 Å². The van der Waals surface area contributed by atoms with Gasteiger partial charge in [-0.1, -0.05) is 75.9 Å². The minimum absolute atomic E-state index is 0.0205. The van der Waals surface area contributed by atoms with Crippen LogP contribution < -0.4 is 5.32 Å². The van der Waals surface area contributed by atoms with Crippen LogP contribution in [0.4, 0.5) is 4.79 Å². The van der Waals surface area contributed by atoms with Gasteiger partial charge in [-0.2, -0.15) is 4.99 Å². The summed E-state index contributed by atoms with van der Waals surface area (Å²) in [6.07, 6.45) is 13.5. The van der Waals surface area contributed by atoms with Gasteiger partial charge in [0.15, 0.2) is 0 Å². The van der Waals surface area contributed by atoms with E-state index < -0.39 is 0 Å². The molecule has 1 aromatic rings. The number of piperidine rings is 1. The van der Waals surface area contributed by atoms with E-state index in [1.54, 1.807) is 0 Å². The van der Waals surface area contributed by atoms with Crippen LogP contribution >= 0.6 is 0 Å². The number of urea groups is 1. The molecule has 1 spiro atoms. The molecule has 0 radical (unpaired) electrons. The molecule has 2 heterocycles. The van der Waals surface area contributed by atoms with Crippen LogP contribution in [0, 0.1) is 0 Å². The van der Waals surface area contributed by atoms with E-state index in [0.29, 0.717) is 6.04 Å². The van der Waals surface area contributed by atoms with Crippen LogP contribution in [-0.2, 0) is 6.54 Å². The molecule has 2 amide bonds. The number of carbonyl (C=O) groups is 1. The number of aliphatic imine (C=N–C) groups is 1. The molecule has 2 fully saturated rings. The molecule has 5 heteroatoms. The fourth-order valence-corrected chi connectivity index (χ4v) is 5.61. The van der Waals surface area contributed by atoms with E-state index in [0.717, 1.165) is 63.3 Å². The Balaban J connectivity index is 1.45. The van der Waals surface area contributed by atoms with Crippen molar-refractivity contribution in [1.29, 1.82) is 0 Å². The largest absolute Gasteiger partial charge is 0.369 e. The van der Waals surface area contributed by atoms with Crippen LogP contribution in [0.25, 0.3) is 6.08 Å². The van der Waals surface area contributed by atoms with E-state index in [2.05, 4.69) is 57.9 Å². The molecule has 1 N–H and O–H groups in total. The number of nitrogens with zero attached hydrogens (tertiary/aromatic N) is 3. The van der Waals surface area contributed by atoms with Gasteiger partial charge in [0.25, 0.3) is 0 Å². The highest BCUT2D eigenvalue weighted by atomic mass is 16.2. The van der Waals surface area contributed by atoms with E-state index >= 15 is 0 Å². The van der Waals surface area contributed by atoms with Gasteiger partial charge in [-0.25, -0.2) is 4.79 Å². The normalized spacial score (nSPS) is 21.7. The second-order valence-corrected chi connectivity index (χ2v) is 9.83. The van der Waals surface area contributed by atoms with E-state index in [9.17, 15) is 4.79 Å². The number of nitrogens with one attached hydrogen (secondary N) is 1. The molecule has 5 nitrogen and oxygen atoms in total. The van der Waals surface area contributed by atoms with Crippen LogP contribution in [0.5, 0.6) is 0 Å². The first-order valence-electron chi connectivity index (χ1n) is 12.8. The molecular weight excluding hydrogens is 396 g/mol. The standard InChI is InChI=1S/C27H40N4O/c1-3-5-9-18-31-26(32)29-25(28-24-10-7-6-8-11-24)27(31)16-19-30(20-17-27)21-23-14-12-22(4-2)13-15-23/h4,12-15,24H,2-3,5-11,16-21H2,1H3,(H,28,29,32). The number of benzene rings is 1. The summed E-state index contributed by atoms with van der Waals surface area (Å²) in [4.78, 5) is 22.3. The first-order chi connectivity index (χ1) is 15.6. The number of hydrogen-bond donors (Lipinski definition) is 1. The molecule has 174 valence electrons. The lowest BCUT2D eigenvalue weighted by molar-refractivity contribution is 0.0943. The maximum atomic E-state index is 13.0. The molecule has 1 saturated carbocycles. The predicted octanol–water partition coefficient (Wildman–Crippen LogP) is 5.61. The van der Waals surface area contributed by atoms with Gasteiger partial charge in [-0.3, -0.25) is 4.90 Å². The Bertz CT molecular complexity index is 801. The molecule has 4 rings (SSSR count). The smallest absolute Gasteiger partial charge is 0.346 e. The Labute approximate surface area is 194 Å². The van der Waals surface area contributed by atoms with Crippen LogP contribution in [0.15, 0.2) is 35.8 Å². The van der Waals surface area contributed by atoms with Crippen LogP contribution in [0.2, 0.25) is 0 Å². The Morgan fingerprint density at radius 3 is 2.50 bits per heavy atom. The Morgan fingerprint density at radius 2 is 1.84 bits per heavy atom. The fraction of sp³-hybridized carbons (Fsp3) is 0.630. The first-order valence-corrected chi connectivity index (χ1v) is 12.8. The van der Waals surface area contributed by atoms with Crippen molar-refractivity contribution < 1.29 is 4.79 Å². The first kappa shape index (κ1) is 23.0. The van der Waals surface area contributed by atoms with Gasteiger partial charge in [0.1, 0.15) is 11.4 Å². The SMILES string of the molecule is C=Cc1ccc(CN2CCC3(CC2)C(NC2CCCCC2)=NC(=O)N3CCCCC)cc1. The van der Waals surface area contributed by atoms with Crippen molar-refractivity contribution in [2.45, 2.75) is 89.3 Å². The summed E-state index contributed by atoms with van der Waals surface area (Å²) < 4.78 is 0. The van der Waals surface area contributed by atoms with Crippen molar-refractivity contribution in [3.63, 3.8) is 0 Å². The van der Waals surface area contributed by atoms with E-state index in [1.807, 2.05) is 6.08 Å². The van der Waals surface area contributed by atoms with Crippen LogP contribution in [0.1, 0.15) is 82.3 Å². The number of amides is 2. The third-order valence-electron chi connectivity index (χ3n) is 7.63. The predicted molar refractivity (Wildman–Crippen MR) is 133 cm³/mol. The molecule has 1 aliphatic carbocycles. The molecule has 3 aliphatic rings. The van der Waals surface area contributed by atoms with Gasteiger partial charge in [-0.05, 0) is 43.2 Å². The van der Waals surface area contributed by atoms with Gasteiger partial charge in [0.2, 0.25) is 0 Å². The Kier molecular flexibility index (Phi) is 7.67. The summed E-state index contributed by atoms with van der Waals surface area (Å²) >= 11 is 0. The highest BCUT2D eigenvalue weighted by Crippen LogP contribution is 2.36. The molecule has 1 aromatic carbocycles. The summed E-state index contributed by atoms with van der Waals surface area (Å²) in [6.45, 7) is 9.83. The van der Waals surface area contributed by atoms with Crippen LogP contribution in [0.3, 0.4) is 0 Å². The molecule has 0 aromatic heterocycles. The van der Waals surface area contributed by atoms with Crippen molar-refractivity contribution in [3.8, 4) is 0 Å². The lowest BCUT2D eigenvalue weighted by atomic mass is 9.83.